The van der Waals surface area contributed by atoms with Crippen LogP contribution in [0.25, 0.3) is 22.3 Å². The minimum absolute atomic E-state index is 0.00394. The van der Waals surface area contributed by atoms with Gasteiger partial charge in [-0.3, -0.25) is 0 Å². The van der Waals surface area contributed by atoms with Gasteiger partial charge in [-0.25, -0.2) is 0 Å². The summed E-state index contributed by atoms with van der Waals surface area (Å²) in [7, 11) is 0. The molecule has 0 saturated carbocycles. The van der Waals surface area contributed by atoms with Gasteiger partial charge in [0.1, 0.15) is 0 Å². The van der Waals surface area contributed by atoms with E-state index in [1.54, 1.807) is 0 Å². The molecule has 0 aromatic heterocycles. The average molecular weight is 1010 g/mol. The van der Waals surface area contributed by atoms with Gasteiger partial charge in [-0.1, -0.05) is 233 Å². The second-order valence-electron chi connectivity index (χ2n) is 28.4. The molecule has 0 atom stereocenters. The van der Waals surface area contributed by atoms with Crippen LogP contribution in [-0.2, 0) is 32.5 Å². The predicted octanol–water partition coefficient (Wildman–Crippen LogP) is 18.8. The highest BCUT2D eigenvalue weighted by molar-refractivity contribution is 7.00. The molecule has 3 heteroatoms. The molecular weight excluding hydrogens is 928 g/mol. The van der Waals surface area contributed by atoms with E-state index >= 15 is 0 Å². The molecule has 11 rings (SSSR count). The molecule has 8 aromatic carbocycles. The van der Waals surface area contributed by atoms with Crippen molar-refractivity contribution >= 4 is 57.2 Å². The van der Waals surface area contributed by atoms with E-state index in [-0.39, 0.29) is 45.1 Å². The Morgan fingerprint density at radius 2 is 0.870 bits per heavy atom. The Bertz CT molecular complexity index is 3550. The maximum atomic E-state index is 2.72. The van der Waals surface area contributed by atoms with Crippen molar-refractivity contribution in [3.63, 3.8) is 0 Å². The fourth-order valence-corrected chi connectivity index (χ4v) is 12.9. The Morgan fingerprint density at radius 3 is 1.43 bits per heavy atom. The van der Waals surface area contributed by atoms with Crippen molar-refractivity contribution in [3.8, 4) is 22.3 Å². The first-order valence-electron chi connectivity index (χ1n) is 28.8. The van der Waals surface area contributed by atoms with Crippen LogP contribution in [0.4, 0.5) is 34.1 Å². The molecule has 3 aliphatic rings. The van der Waals surface area contributed by atoms with Crippen LogP contribution in [0, 0.1) is 0 Å². The van der Waals surface area contributed by atoms with Crippen molar-refractivity contribution in [1.82, 2.24) is 0 Å². The van der Waals surface area contributed by atoms with Gasteiger partial charge in [0.25, 0.3) is 6.71 Å². The molecule has 392 valence electrons. The molecule has 0 spiro atoms. The lowest BCUT2D eigenvalue weighted by molar-refractivity contribution is 0.332. The summed E-state index contributed by atoms with van der Waals surface area (Å²) in [6, 6.07) is 64.5. The van der Waals surface area contributed by atoms with Crippen LogP contribution in [-0.4, -0.2) is 6.71 Å². The lowest BCUT2D eigenvalue weighted by atomic mass is 9.32. The van der Waals surface area contributed by atoms with Gasteiger partial charge in [-0.15, -0.1) is 0 Å². The quantitative estimate of drug-likeness (QED) is 0.147. The van der Waals surface area contributed by atoms with E-state index in [0.717, 1.165) is 12.8 Å². The van der Waals surface area contributed by atoms with E-state index in [2.05, 4.69) is 291 Å². The lowest BCUT2D eigenvalue weighted by Crippen LogP contribution is -2.62. The fourth-order valence-electron chi connectivity index (χ4n) is 12.9. The Hall–Kier alpha value is -6.58. The number of hydrogen-bond acceptors (Lipinski definition) is 2. The topological polar surface area (TPSA) is 6.48 Å². The molecule has 2 heterocycles. The number of benzene rings is 8. The van der Waals surface area contributed by atoms with E-state index in [1.165, 1.54) is 117 Å². The third-order valence-corrected chi connectivity index (χ3v) is 18.3. The van der Waals surface area contributed by atoms with Crippen LogP contribution in [0.1, 0.15) is 181 Å². The maximum Gasteiger partial charge on any atom is 0.252 e. The minimum atomic E-state index is -0.236. The first kappa shape index (κ1) is 52.5. The zero-order valence-corrected chi connectivity index (χ0v) is 49.6. The van der Waals surface area contributed by atoms with Crippen molar-refractivity contribution in [3.05, 3.63) is 208 Å². The van der Waals surface area contributed by atoms with Crippen LogP contribution in [0.3, 0.4) is 0 Å². The third-order valence-electron chi connectivity index (χ3n) is 18.3. The Morgan fingerprint density at radius 1 is 0.403 bits per heavy atom. The van der Waals surface area contributed by atoms with Crippen molar-refractivity contribution < 1.29 is 0 Å². The van der Waals surface area contributed by atoms with Crippen molar-refractivity contribution in [2.24, 2.45) is 0 Å². The standard InChI is InChI=1S/C74H83BN2/c1-47(2)51-41-66-68-67(42-51)77(63-37-33-55(71(9,10)11)43-58(63)50-25-23-48(24-26-50)49-27-29-52(30-28-49)69(3,4)5)65-46-60-59(72(12,13)39-40-73(60,14)15)45-62(65)75(68)61-44-56(74(16,17)54-21-19-18-20-22-54)34-38-64(61)76(66)57-35-31-53(32-36-57)70(6,7)8/h18-38,41-47H,39-40H2,1-17H3. The number of anilines is 6. The van der Waals surface area contributed by atoms with E-state index < -0.39 is 0 Å². The molecule has 77 heavy (non-hydrogen) atoms. The highest BCUT2D eigenvalue weighted by Gasteiger charge is 2.47. The summed E-state index contributed by atoms with van der Waals surface area (Å²) in [5.41, 5.74) is 27.4. The smallest absolute Gasteiger partial charge is 0.252 e. The van der Waals surface area contributed by atoms with Gasteiger partial charge in [0.05, 0.1) is 5.69 Å². The van der Waals surface area contributed by atoms with Gasteiger partial charge in [-0.05, 0) is 172 Å². The van der Waals surface area contributed by atoms with Crippen molar-refractivity contribution in [2.75, 3.05) is 9.80 Å². The number of fused-ring (bicyclic) bond motifs is 5. The van der Waals surface area contributed by atoms with Crippen LogP contribution in [0.15, 0.2) is 164 Å². The molecule has 8 aromatic rings. The van der Waals surface area contributed by atoms with Crippen LogP contribution >= 0.6 is 0 Å². The minimum Gasteiger partial charge on any atom is -0.311 e. The van der Waals surface area contributed by atoms with Gasteiger partial charge in [-0.2, -0.15) is 0 Å². The molecule has 0 radical (unpaired) electrons. The van der Waals surface area contributed by atoms with Gasteiger partial charge in [0.15, 0.2) is 0 Å². The Labute approximate surface area is 464 Å². The molecule has 0 amide bonds. The molecule has 2 nitrogen and oxygen atoms in total. The highest BCUT2D eigenvalue weighted by atomic mass is 15.2. The monoisotopic (exact) mass is 1010 g/mol. The second-order valence-corrected chi connectivity index (χ2v) is 28.4. The van der Waals surface area contributed by atoms with E-state index in [9.17, 15) is 0 Å². The summed E-state index contributed by atoms with van der Waals surface area (Å²) in [6.07, 6.45) is 2.30. The van der Waals surface area contributed by atoms with Gasteiger partial charge < -0.3 is 9.80 Å². The van der Waals surface area contributed by atoms with Crippen LogP contribution in [0.2, 0.25) is 0 Å². The molecular formula is C74H83BN2. The Kier molecular flexibility index (Phi) is 12.4. The van der Waals surface area contributed by atoms with Crippen LogP contribution in [0.5, 0.6) is 0 Å². The average Bonchev–Trinajstić information content (AvgIpc) is 3.51. The van der Waals surface area contributed by atoms with E-state index in [1.807, 2.05) is 0 Å². The molecule has 0 N–H and O–H groups in total. The molecule has 0 fully saturated rings. The first-order valence-corrected chi connectivity index (χ1v) is 28.8. The predicted molar refractivity (Wildman–Crippen MR) is 335 cm³/mol. The molecule has 0 unspecified atom stereocenters. The number of nitrogens with zero attached hydrogens (tertiary/aromatic N) is 2. The maximum absolute atomic E-state index is 2.72. The largest absolute Gasteiger partial charge is 0.311 e. The van der Waals surface area contributed by atoms with Gasteiger partial charge >= 0.3 is 0 Å². The molecule has 0 saturated heterocycles. The fraction of sp³-hybridized carbons (Fsp3) is 0.351. The first-order chi connectivity index (χ1) is 36.1. The summed E-state index contributed by atoms with van der Waals surface area (Å²) in [5.74, 6) is 0.287. The SMILES string of the molecule is CC(C)c1cc2c3c(c1)N(c1ccc(C(C)(C)C)cc1-c1ccc(-c4ccc(C(C)(C)C)cc4)cc1)c1cc4c(cc1B3c1cc(C(C)(C)c3ccccc3)ccc1N2c1ccc(C(C)(C)C)cc1)C(C)(C)CCC4(C)C. The third kappa shape index (κ3) is 9.08. The zero-order chi connectivity index (χ0) is 54.9. The number of hydrogen-bond donors (Lipinski definition) is 0. The van der Waals surface area contributed by atoms with Crippen molar-refractivity contribution in [1.29, 1.82) is 0 Å². The van der Waals surface area contributed by atoms with Crippen molar-refractivity contribution in [2.45, 2.75) is 169 Å². The highest BCUT2D eigenvalue weighted by Crippen LogP contribution is 2.53. The summed E-state index contributed by atoms with van der Waals surface area (Å²) in [5, 5.41) is 0. The van der Waals surface area contributed by atoms with Gasteiger partial charge in [0.2, 0.25) is 0 Å². The molecule has 2 aliphatic heterocycles. The Balaban J connectivity index is 1.23. The van der Waals surface area contributed by atoms with E-state index in [0.29, 0.717) is 0 Å². The summed E-state index contributed by atoms with van der Waals surface area (Å²) in [4.78, 5) is 5.34. The summed E-state index contributed by atoms with van der Waals surface area (Å²) < 4.78 is 0. The number of rotatable bonds is 7. The van der Waals surface area contributed by atoms with E-state index in [4.69, 9.17) is 0 Å². The normalized spacial score (nSPS) is 15.7. The molecule has 0 bridgehead atoms. The lowest BCUT2D eigenvalue weighted by Gasteiger charge is -2.48. The summed E-state index contributed by atoms with van der Waals surface area (Å²) in [6.45, 7) is 40.3. The second kappa shape index (κ2) is 18.3. The van der Waals surface area contributed by atoms with Crippen LogP contribution < -0.4 is 26.2 Å². The molecule has 1 aliphatic carbocycles. The van der Waals surface area contributed by atoms with Gasteiger partial charge in [0, 0.05) is 39.4 Å². The summed E-state index contributed by atoms with van der Waals surface area (Å²) >= 11 is 0. The zero-order valence-electron chi connectivity index (χ0n) is 49.6.